The molecule has 2 aliphatic carbocycles. The van der Waals surface area contributed by atoms with E-state index in [-0.39, 0.29) is 24.7 Å². The Balaban J connectivity index is 1.62. The predicted molar refractivity (Wildman–Crippen MR) is 107 cm³/mol. The summed E-state index contributed by atoms with van der Waals surface area (Å²) in [6.07, 6.45) is 7.85. The summed E-state index contributed by atoms with van der Waals surface area (Å²) in [6.45, 7) is 1.84. The molecule has 3 rings (SSSR count). The van der Waals surface area contributed by atoms with Crippen molar-refractivity contribution in [3.8, 4) is 5.75 Å². The van der Waals surface area contributed by atoms with Crippen molar-refractivity contribution in [1.29, 1.82) is 0 Å². The molecule has 156 valence electrons. The average Bonchev–Trinajstić information content (AvgIpc) is 2.97. The smallest absolute Gasteiger partial charge is 0.341 e. The number of hydrogen-bond acceptors (Lipinski definition) is 4. The Kier molecular flexibility index (Phi) is 7.36. The predicted octanol–water partition coefficient (Wildman–Crippen LogP) is 3.58. The Morgan fingerprint density at radius 1 is 1.25 bits per heavy atom. The van der Waals surface area contributed by atoms with Gasteiger partial charge in [-0.1, -0.05) is 38.3 Å². The zero-order valence-corrected chi connectivity index (χ0v) is 16.8. The molecular weight excluding hydrogens is 356 g/mol. The van der Waals surface area contributed by atoms with Gasteiger partial charge in [-0.3, -0.25) is 0 Å². The van der Waals surface area contributed by atoms with Gasteiger partial charge < -0.3 is 20.1 Å². The molecule has 0 radical (unpaired) electrons. The maximum atomic E-state index is 10.8. The highest BCUT2D eigenvalue weighted by atomic mass is 16.5. The zero-order valence-electron chi connectivity index (χ0n) is 16.8. The maximum Gasteiger partial charge on any atom is 0.341 e. The lowest BCUT2D eigenvalue weighted by atomic mass is 9.73. The molecule has 5 atom stereocenters. The van der Waals surface area contributed by atoms with Crippen molar-refractivity contribution in [2.24, 2.45) is 17.8 Å². The fraction of sp³-hybridized carbons (Fsp3) is 0.696. The third kappa shape index (κ3) is 5.06. The van der Waals surface area contributed by atoms with Crippen molar-refractivity contribution in [2.75, 3.05) is 6.61 Å². The van der Waals surface area contributed by atoms with Crippen LogP contribution in [-0.4, -0.2) is 40.1 Å². The summed E-state index contributed by atoms with van der Waals surface area (Å²) < 4.78 is 5.50. The van der Waals surface area contributed by atoms with Crippen LogP contribution >= 0.6 is 0 Å². The molecule has 1 aromatic carbocycles. The lowest BCUT2D eigenvalue weighted by Crippen LogP contribution is -2.28. The van der Waals surface area contributed by atoms with Gasteiger partial charge in [-0.05, 0) is 73.5 Å². The number of carboxylic acids is 1. The molecule has 1 saturated carbocycles. The van der Waals surface area contributed by atoms with Crippen molar-refractivity contribution >= 4 is 5.97 Å². The normalized spacial score (nSPS) is 27.1. The van der Waals surface area contributed by atoms with E-state index in [1.54, 1.807) is 0 Å². The number of carboxylic acid groups (broad SMARTS) is 1. The molecular formula is C23H34O5. The largest absolute Gasteiger partial charge is 0.482 e. The van der Waals surface area contributed by atoms with Crippen molar-refractivity contribution in [3.05, 3.63) is 29.3 Å². The molecule has 28 heavy (non-hydrogen) atoms. The highest BCUT2D eigenvalue weighted by Gasteiger charge is 2.44. The number of ether oxygens (including phenoxy) is 1. The van der Waals surface area contributed by atoms with Gasteiger partial charge in [0, 0.05) is 0 Å². The molecule has 0 aliphatic heterocycles. The molecule has 0 aromatic heterocycles. The summed E-state index contributed by atoms with van der Waals surface area (Å²) in [5.41, 5.74) is 2.32. The van der Waals surface area contributed by atoms with Crippen LogP contribution in [0.1, 0.15) is 63.0 Å². The summed E-state index contributed by atoms with van der Waals surface area (Å²) in [4.78, 5) is 10.8. The second-order valence-electron chi connectivity index (χ2n) is 8.60. The first kappa shape index (κ1) is 21.1. The highest BCUT2D eigenvalue weighted by Crippen LogP contribution is 2.48. The van der Waals surface area contributed by atoms with Crippen LogP contribution in [0.25, 0.3) is 0 Å². The van der Waals surface area contributed by atoms with Crippen LogP contribution in [0.15, 0.2) is 18.2 Å². The zero-order chi connectivity index (χ0) is 20.1. The molecule has 0 bridgehead atoms. The van der Waals surface area contributed by atoms with Crippen LogP contribution in [0.5, 0.6) is 5.75 Å². The summed E-state index contributed by atoms with van der Waals surface area (Å²) in [5.74, 6) is 0.768. The lowest BCUT2D eigenvalue weighted by Gasteiger charge is -2.32. The molecule has 2 aliphatic rings. The summed E-state index contributed by atoms with van der Waals surface area (Å²) in [6, 6.07) is 5.87. The number of carbonyl (C=O) groups is 1. The van der Waals surface area contributed by atoms with Crippen LogP contribution < -0.4 is 4.74 Å². The Bertz CT molecular complexity index is 658. The van der Waals surface area contributed by atoms with Crippen molar-refractivity contribution in [1.82, 2.24) is 0 Å². The van der Waals surface area contributed by atoms with E-state index in [2.05, 4.69) is 13.0 Å². The molecule has 3 N–H and O–H groups in total. The first-order valence-corrected chi connectivity index (χ1v) is 10.8. The first-order chi connectivity index (χ1) is 13.5. The van der Waals surface area contributed by atoms with Crippen LogP contribution in [0.4, 0.5) is 0 Å². The Morgan fingerprint density at radius 2 is 2.07 bits per heavy atom. The number of rotatable bonds is 10. The Morgan fingerprint density at radius 3 is 2.82 bits per heavy atom. The van der Waals surface area contributed by atoms with Gasteiger partial charge in [-0.2, -0.15) is 0 Å². The minimum Gasteiger partial charge on any atom is -0.482 e. The van der Waals surface area contributed by atoms with Gasteiger partial charge in [-0.15, -0.1) is 0 Å². The van der Waals surface area contributed by atoms with Gasteiger partial charge in [0.05, 0.1) is 12.2 Å². The minimum absolute atomic E-state index is 0.238. The van der Waals surface area contributed by atoms with Crippen LogP contribution in [0, 0.1) is 17.8 Å². The quantitative estimate of drug-likeness (QED) is 0.532. The average molecular weight is 391 g/mol. The van der Waals surface area contributed by atoms with E-state index in [1.165, 1.54) is 5.56 Å². The molecule has 5 heteroatoms. The van der Waals surface area contributed by atoms with Crippen molar-refractivity contribution in [2.45, 2.75) is 76.9 Å². The molecule has 0 heterocycles. The van der Waals surface area contributed by atoms with Crippen LogP contribution in [0.2, 0.25) is 0 Å². The first-order valence-electron chi connectivity index (χ1n) is 10.8. The molecule has 5 nitrogen and oxygen atoms in total. The fourth-order valence-electron chi connectivity index (χ4n) is 5.24. The van der Waals surface area contributed by atoms with Crippen molar-refractivity contribution in [3.63, 3.8) is 0 Å². The third-order valence-electron chi connectivity index (χ3n) is 6.67. The van der Waals surface area contributed by atoms with E-state index >= 15 is 0 Å². The van der Waals surface area contributed by atoms with Crippen LogP contribution in [-0.2, 0) is 17.6 Å². The molecule has 0 unspecified atom stereocenters. The number of hydrogen-bond donors (Lipinski definition) is 3. The van der Waals surface area contributed by atoms with Gasteiger partial charge in [0.2, 0.25) is 0 Å². The van der Waals surface area contributed by atoms with E-state index in [4.69, 9.17) is 9.84 Å². The van der Waals surface area contributed by atoms with Crippen LogP contribution in [0.3, 0.4) is 0 Å². The molecule has 0 amide bonds. The standard InChI is InChI=1S/C23H34O5/c1-2-3-4-7-17(24)9-10-18-19-11-15-6-5-8-22(28-14-23(26)27)20(15)12-16(19)13-21(18)25/h5-6,8,16-19,21,24-25H,2-4,7,9-14H2,1H3,(H,26,27)/t16-,17-,18-,19-,21-/m0/s1. The minimum atomic E-state index is -0.972. The van der Waals surface area contributed by atoms with Gasteiger partial charge in [-0.25, -0.2) is 4.79 Å². The SMILES string of the molecule is CCCCC[C@H](O)CC[C@H]1[C@H]2Cc3cccc(OCC(=O)O)c3C[C@H]2C[C@@H]1O. The number of benzene rings is 1. The second-order valence-corrected chi connectivity index (χ2v) is 8.60. The molecule has 1 aromatic rings. The van der Waals surface area contributed by atoms with E-state index in [9.17, 15) is 15.0 Å². The summed E-state index contributed by atoms with van der Waals surface area (Å²) in [5, 5.41) is 29.8. The Hall–Kier alpha value is -1.59. The third-order valence-corrected chi connectivity index (χ3v) is 6.67. The number of aliphatic carboxylic acids is 1. The van der Waals surface area contributed by atoms with Gasteiger partial charge in [0.25, 0.3) is 0 Å². The van der Waals surface area contributed by atoms with E-state index in [1.807, 2.05) is 12.1 Å². The maximum absolute atomic E-state index is 10.8. The van der Waals surface area contributed by atoms with Gasteiger partial charge in [0.1, 0.15) is 5.75 Å². The van der Waals surface area contributed by atoms with E-state index in [0.717, 1.165) is 63.4 Å². The molecule has 0 saturated heterocycles. The van der Waals surface area contributed by atoms with E-state index < -0.39 is 5.97 Å². The monoisotopic (exact) mass is 390 g/mol. The molecule has 1 fully saturated rings. The summed E-state index contributed by atoms with van der Waals surface area (Å²) >= 11 is 0. The number of aliphatic hydroxyl groups is 2. The lowest BCUT2D eigenvalue weighted by molar-refractivity contribution is -0.139. The van der Waals surface area contributed by atoms with Gasteiger partial charge >= 0.3 is 5.97 Å². The fourth-order valence-corrected chi connectivity index (χ4v) is 5.24. The second kappa shape index (κ2) is 9.75. The molecule has 0 spiro atoms. The van der Waals surface area contributed by atoms with E-state index in [0.29, 0.717) is 17.6 Å². The number of unbranched alkanes of at least 4 members (excludes halogenated alkanes) is 2. The number of aliphatic hydroxyl groups excluding tert-OH is 2. The Labute approximate surface area is 167 Å². The summed E-state index contributed by atoms with van der Waals surface area (Å²) in [7, 11) is 0. The highest BCUT2D eigenvalue weighted by molar-refractivity contribution is 5.68. The number of fused-ring (bicyclic) bond motifs is 2. The van der Waals surface area contributed by atoms with Crippen molar-refractivity contribution < 1.29 is 24.9 Å². The van der Waals surface area contributed by atoms with Gasteiger partial charge in [0.15, 0.2) is 6.61 Å². The topological polar surface area (TPSA) is 87.0 Å².